The van der Waals surface area contributed by atoms with Gasteiger partial charge in [-0.2, -0.15) is 0 Å². The lowest BCUT2D eigenvalue weighted by Crippen LogP contribution is -1.94. The summed E-state index contributed by atoms with van der Waals surface area (Å²) in [5, 5.41) is 0.813. The largest absolute Gasteiger partial charge is 0.495 e. The Morgan fingerprint density at radius 2 is 1.52 bits per heavy atom. The molecule has 1 aromatic carbocycles. The fraction of sp³-hybridized carbons (Fsp3) is 0.176. The highest BCUT2D eigenvalue weighted by Crippen LogP contribution is 2.37. The molecular weight excluding hydrogens is 296 g/mol. The number of pyridine rings is 2. The number of benzene rings is 1. The van der Waals surface area contributed by atoms with Gasteiger partial charge in [-0.25, -0.2) is 0 Å². The summed E-state index contributed by atoms with van der Waals surface area (Å²) in [6, 6.07) is 7.20. The number of ether oxygens (including phenoxy) is 4. The molecule has 0 aliphatic rings. The summed E-state index contributed by atoms with van der Waals surface area (Å²) in [7, 11) is 4.76. The molecule has 0 bridgehead atoms. The Morgan fingerprint density at radius 3 is 2.26 bits per heavy atom. The molecule has 3 rings (SSSR count). The highest BCUT2D eigenvalue weighted by molar-refractivity contribution is 5.88. The van der Waals surface area contributed by atoms with Crippen LogP contribution in [0.4, 0.5) is 0 Å². The molecule has 6 heteroatoms. The van der Waals surface area contributed by atoms with Gasteiger partial charge in [0.25, 0.3) is 0 Å². The van der Waals surface area contributed by atoms with Crippen molar-refractivity contribution < 1.29 is 18.9 Å². The second kappa shape index (κ2) is 6.39. The smallest absolute Gasteiger partial charge is 0.162 e. The average molecular weight is 312 g/mol. The zero-order valence-corrected chi connectivity index (χ0v) is 13.1. The van der Waals surface area contributed by atoms with E-state index in [1.54, 1.807) is 52.1 Å². The van der Waals surface area contributed by atoms with Crippen molar-refractivity contribution in [2.24, 2.45) is 0 Å². The molecule has 0 N–H and O–H groups in total. The van der Waals surface area contributed by atoms with Crippen LogP contribution in [0.2, 0.25) is 0 Å². The molecule has 0 radical (unpaired) electrons. The van der Waals surface area contributed by atoms with Crippen LogP contribution in [0.1, 0.15) is 0 Å². The predicted molar refractivity (Wildman–Crippen MR) is 85.7 cm³/mol. The Morgan fingerprint density at radius 1 is 0.783 bits per heavy atom. The van der Waals surface area contributed by atoms with E-state index in [2.05, 4.69) is 9.97 Å². The van der Waals surface area contributed by atoms with E-state index in [9.17, 15) is 0 Å². The fourth-order valence-electron chi connectivity index (χ4n) is 2.23. The van der Waals surface area contributed by atoms with Crippen molar-refractivity contribution in [2.45, 2.75) is 0 Å². The van der Waals surface area contributed by atoms with Gasteiger partial charge >= 0.3 is 0 Å². The molecular formula is C17H16N2O4. The SMILES string of the molecule is COc1cncc(Oc2ccnc3cc(OC)c(OC)cc23)c1. The first-order chi connectivity index (χ1) is 11.2. The molecule has 0 fully saturated rings. The van der Waals surface area contributed by atoms with Crippen LogP contribution < -0.4 is 18.9 Å². The molecule has 0 unspecified atom stereocenters. The normalized spacial score (nSPS) is 10.4. The quantitative estimate of drug-likeness (QED) is 0.719. The van der Waals surface area contributed by atoms with Crippen LogP contribution in [0.25, 0.3) is 10.9 Å². The molecule has 118 valence electrons. The highest BCUT2D eigenvalue weighted by Gasteiger charge is 2.11. The van der Waals surface area contributed by atoms with E-state index in [0.717, 1.165) is 10.9 Å². The first-order valence-electron chi connectivity index (χ1n) is 6.92. The van der Waals surface area contributed by atoms with Gasteiger partial charge in [0.2, 0.25) is 0 Å². The summed E-state index contributed by atoms with van der Waals surface area (Å²) in [5.41, 5.74) is 0.746. The van der Waals surface area contributed by atoms with E-state index in [-0.39, 0.29) is 0 Å². The third-order valence-corrected chi connectivity index (χ3v) is 3.36. The number of hydrogen-bond donors (Lipinski definition) is 0. The van der Waals surface area contributed by atoms with Gasteiger partial charge in [0.1, 0.15) is 17.2 Å². The fourth-order valence-corrected chi connectivity index (χ4v) is 2.23. The van der Waals surface area contributed by atoms with Gasteiger partial charge in [0.05, 0.1) is 39.2 Å². The molecule has 0 saturated carbocycles. The summed E-state index contributed by atoms with van der Waals surface area (Å²) >= 11 is 0. The number of methoxy groups -OCH3 is 3. The van der Waals surface area contributed by atoms with E-state index >= 15 is 0 Å². The molecule has 0 aliphatic heterocycles. The molecule has 0 atom stereocenters. The number of rotatable bonds is 5. The molecule has 23 heavy (non-hydrogen) atoms. The van der Waals surface area contributed by atoms with Crippen LogP contribution in [0.5, 0.6) is 28.7 Å². The minimum Gasteiger partial charge on any atom is -0.495 e. The van der Waals surface area contributed by atoms with E-state index in [1.807, 2.05) is 12.1 Å². The standard InChI is InChI=1S/C17H16N2O4/c1-20-11-6-12(10-18-9-11)23-15-4-5-19-14-8-17(22-3)16(21-2)7-13(14)15/h4-10H,1-3H3. The number of nitrogens with zero attached hydrogens (tertiary/aromatic N) is 2. The predicted octanol–water partition coefficient (Wildman–Crippen LogP) is 3.45. The van der Waals surface area contributed by atoms with Crippen molar-refractivity contribution in [3.63, 3.8) is 0 Å². The van der Waals surface area contributed by atoms with Gasteiger partial charge in [0.15, 0.2) is 11.5 Å². The maximum absolute atomic E-state index is 5.93. The minimum absolute atomic E-state index is 0.576. The van der Waals surface area contributed by atoms with Crippen molar-refractivity contribution >= 4 is 10.9 Å². The van der Waals surface area contributed by atoms with Gasteiger partial charge in [0, 0.05) is 23.7 Å². The first-order valence-corrected chi connectivity index (χ1v) is 6.92. The third kappa shape index (κ3) is 2.96. The van der Waals surface area contributed by atoms with Gasteiger partial charge in [-0.15, -0.1) is 0 Å². The van der Waals surface area contributed by atoms with E-state index in [1.165, 1.54) is 0 Å². The van der Waals surface area contributed by atoms with Crippen molar-refractivity contribution in [1.29, 1.82) is 0 Å². The molecule has 0 saturated heterocycles. The van der Waals surface area contributed by atoms with Gasteiger partial charge in [-0.3, -0.25) is 9.97 Å². The topological polar surface area (TPSA) is 62.7 Å². The molecule has 6 nitrogen and oxygen atoms in total. The van der Waals surface area contributed by atoms with Crippen LogP contribution in [0.15, 0.2) is 42.9 Å². The van der Waals surface area contributed by atoms with Gasteiger partial charge in [-0.05, 0) is 12.1 Å². The highest BCUT2D eigenvalue weighted by atomic mass is 16.5. The van der Waals surface area contributed by atoms with Crippen LogP contribution in [0, 0.1) is 0 Å². The number of fused-ring (bicyclic) bond motifs is 1. The van der Waals surface area contributed by atoms with Crippen molar-refractivity contribution in [1.82, 2.24) is 9.97 Å². The lowest BCUT2D eigenvalue weighted by atomic mass is 10.2. The summed E-state index contributed by atoms with van der Waals surface area (Å²) in [4.78, 5) is 8.43. The maximum atomic E-state index is 5.93. The van der Waals surface area contributed by atoms with Crippen LogP contribution >= 0.6 is 0 Å². The lowest BCUT2D eigenvalue weighted by molar-refractivity contribution is 0.355. The summed E-state index contributed by atoms with van der Waals surface area (Å²) < 4.78 is 21.7. The van der Waals surface area contributed by atoms with Gasteiger partial charge in [-0.1, -0.05) is 0 Å². The van der Waals surface area contributed by atoms with Crippen molar-refractivity contribution in [2.75, 3.05) is 21.3 Å². The van der Waals surface area contributed by atoms with E-state index in [0.29, 0.717) is 28.7 Å². The van der Waals surface area contributed by atoms with Crippen molar-refractivity contribution in [3.05, 3.63) is 42.9 Å². The molecule has 2 aromatic heterocycles. The minimum atomic E-state index is 0.576. The van der Waals surface area contributed by atoms with Crippen LogP contribution in [0.3, 0.4) is 0 Å². The number of hydrogen-bond acceptors (Lipinski definition) is 6. The zero-order chi connectivity index (χ0) is 16.2. The summed E-state index contributed by atoms with van der Waals surface area (Å²) in [5.74, 6) is 3.08. The maximum Gasteiger partial charge on any atom is 0.162 e. The third-order valence-electron chi connectivity index (χ3n) is 3.36. The Balaban J connectivity index is 2.06. The Hall–Kier alpha value is -3.02. The van der Waals surface area contributed by atoms with E-state index in [4.69, 9.17) is 18.9 Å². The molecule has 0 amide bonds. The zero-order valence-electron chi connectivity index (χ0n) is 13.1. The van der Waals surface area contributed by atoms with Crippen LogP contribution in [-0.2, 0) is 0 Å². The van der Waals surface area contributed by atoms with E-state index < -0.39 is 0 Å². The number of aromatic nitrogens is 2. The van der Waals surface area contributed by atoms with Crippen LogP contribution in [-0.4, -0.2) is 31.3 Å². The Kier molecular flexibility index (Phi) is 4.14. The monoisotopic (exact) mass is 312 g/mol. The molecule has 2 heterocycles. The Labute approximate surface area is 133 Å². The molecule has 3 aromatic rings. The molecule has 0 spiro atoms. The second-order valence-corrected chi connectivity index (χ2v) is 4.70. The molecule has 0 aliphatic carbocycles. The second-order valence-electron chi connectivity index (χ2n) is 4.70. The summed E-state index contributed by atoms with van der Waals surface area (Å²) in [6.45, 7) is 0. The van der Waals surface area contributed by atoms with Gasteiger partial charge < -0.3 is 18.9 Å². The Bertz CT molecular complexity index is 836. The average Bonchev–Trinajstić information content (AvgIpc) is 2.61. The summed E-state index contributed by atoms with van der Waals surface area (Å²) in [6.07, 6.45) is 4.91. The van der Waals surface area contributed by atoms with Crippen molar-refractivity contribution in [3.8, 4) is 28.7 Å². The first kappa shape index (κ1) is 14.9. The lowest BCUT2D eigenvalue weighted by Gasteiger charge is -2.12.